The van der Waals surface area contributed by atoms with E-state index in [0.29, 0.717) is 6.07 Å². The summed E-state index contributed by atoms with van der Waals surface area (Å²) in [6.45, 7) is 0. The monoisotopic (exact) mass is 204 g/mol. The molecule has 0 aliphatic carbocycles. The minimum atomic E-state index is -4.77. The van der Waals surface area contributed by atoms with Crippen molar-refractivity contribution in [1.82, 2.24) is 0 Å². The SMILES string of the molecule is [B]c1cc(OC)c(F)c(C(F)(F)F)c1. The molecule has 0 heterocycles. The summed E-state index contributed by atoms with van der Waals surface area (Å²) in [5.41, 5.74) is -1.62. The van der Waals surface area contributed by atoms with E-state index in [1.165, 1.54) is 0 Å². The highest BCUT2D eigenvalue weighted by Gasteiger charge is 2.35. The number of halogens is 4. The van der Waals surface area contributed by atoms with Crippen LogP contribution in [0.15, 0.2) is 12.1 Å². The normalized spacial score (nSPS) is 11.5. The summed E-state index contributed by atoms with van der Waals surface area (Å²) >= 11 is 0. The molecule has 0 saturated carbocycles. The van der Waals surface area contributed by atoms with Crippen LogP contribution in [0.25, 0.3) is 0 Å². The molecule has 0 atom stereocenters. The molecule has 0 spiro atoms. The molecule has 0 aliphatic heterocycles. The Morgan fingerprint density at radius 2 is 1.86 bits per heavy atom. The van der Waals surface area contributed by atoms with Gasteiger partial charge in [-0.1, -0.05) is 11.5 Å². The molecule has 1 aromatic rings. The minimum Gasteiger partial charge on any atom is -0.494 e. The second-order valence-corrected chi connectivity index (χ2v) is 2.58. The minimum absolute atomic E-state index is 0.199. The number of alkyl halides is 3. The van der Waals surface area contributed by atoms with Crippen molar-refractivity contribution in [2.45, 2.75) is 6.18 Å². The molecular formula is C8H5BF4O. The highest BCUT2D eigenvalue weighted by Crippen LogP contribution is 2.33. The van der Waals surface area contributed by atoms with E-state index in [9.17, 15) is 17.6 Å². The summed E-state index contributed by atoms with van der Waals surface area (Å²) in [4.78, 5) is 0. The standard InChI is InChI=1S/C8H5BF4O/c1-14-6-3-4(9)2-5(7(6)10)8(11,12)13/h2-3H,1H3. The Morgan fingerprint density at radius 3 is 2.29 bits per heavy atom. The van der Waals surface area contributed by atoms with Crippen LogP contribution < -0.4 is 10.2 Å². The molecule has 1 rings (SSSR count). The summed E-state index contributed by atoms with van der Waals surface area (Å²) in [5.74, 6) is -1.97. The van der Waals surface area contributed by atoms with Crippen molar-refractivity contribution in [2.24, 2.45) is 0 Å². The maximum absolute atomic E-state index is 13.0. The molecular weight excluding hydrogens is 199 g/mol. The van der Waals surface area contributed by atoms with Crippen LogP contribution in [0.3, 0.4) is 0 Å². The number of methoxy groups -OCH3 is 1. The first-order valence-corrected chi connectivity index (χ1v) is 3.56. The van der Waals surface area contributed by atoms with Crippen LogP contribution in [0, 0.1) is 5.82 Å². The van der Waals surface area contributed by atoms with Crippen LogP contribution in [0.5, 0.6) is 5.75 Å². The Kier molecular flexibility index (Phi) is 2.73. The molecule has 2 radical (unpaired) electrons. The average molecular weight is 204 g/mol. The average Bonchev–Trinajstić information content (AvgIpc) is 2.06. The van der Waals surface area contributed by atoms with E-state index in [4.69, 9.17) is 7.85 Å². The predicted octanol–water partition coefficient (Wildman–Crippen LogP) is 1.65. The fourth-order valence-corrected chi connectivity index (χ4v) is 0.974. The Balaban J connectivity index is 3.37. The number of hydrogen-bond donors (Lipinski definition) is 0. The Bertz CT molecular complexity index is 348. The first-order chi connectivity index (χ1) is 6.36. The van der Waals surface area contributed by atoms with Gasteiger partial charge < -0.3 is 4.74 Å². The lowest BCUT2D eigenvalue weighted by atomic mass is 9.93. The van der Waals surface area contributed by atoms with Crippen molar-refractivity contribution in [3.05, 3.63) is 23.5 Å². The fourth-order valence-electron chi connectivity index (χ4n) is 0.974. The first kappa shape index (κ1) is 10.9. The van der Waals surface area contributed by atoms with Crippen molar-refractivity contribution < 1.29 is 22.3 Å². The van der Waals surface area contributed by atoms with Crippen molar-refractivity contribution in [2.75, 3.05) is 7.11 Å². The lowest BCUT2D eigenvalue weighted by Crippen LogP contribution is -2.15. The molecule has 0 amide bonds. The van der Waals surface area contributed by atoms with Gasteiger partial charge in [0, 0.05) is 0 Å². The van der Waals surface area contributed by atoms with Crippen molar-refractivity contribution in [3.63, 3.8) is 0 Å². The number of rotatable bonds is 1. The molecule has 14 heavy (non-hydrogen) atoms. The molecule has 6 heteroatoms. The number of benzene rings is 1. The van der Waals surface area contributed by atoms with E-state index in [1.54, 1.807) is 0 Å². The van der Waals surface area contributed by atoms with Gasteiger partial charge in [-0.05, 0) is 6.07 Å². The molecule has 1 aromatic carbocycles. The van der Waals surface area contributed by atoms with Crippen LogP contribution in [0.4, 0.5) is 17.6 Å². The van der Waals surface area contributed by atoms with E-state index in [2.05, 4.69) is 4.74 Å². The highest BCUT2D eigenvalue weighted by atomic mass is 19.4. The molecule has 0 unspecified atom stereocenters. The van der Waals surface area contributed by atoms with Gasteiger partial charge in [0.1, 0.15) is 7.85 Å². The molecule has 0 fully saturated rings. The summed E-state index contributed by atoms with van der Waals surface area (Å²) in [7, 11) is 6.22. The van der Waals surface area contributed by atoms with Gasteiger partial charge in [0.15, 0.2) is 11.6 Å². The lowest BCUT2D eigenvalue weighted by Gasteiger charge is -2.11. The van der Waals surface area contributed by atoms with Crippen molar-refractivity contribution in [1.29, 1.82) is 0 Å². The summed E-state index contributed by atoms with van der Waals surface area (Å²) in [5, 5.41) is 0. The van der Waals surface area contributed by atoms with E-state index in [-0.39, 0.29) is 5.46 Å². The van der Waals surface area contributed by atoms with E-state index < -0.39 is 23.3 Å². The van der Waals surface area contributed by atoms with E-state index in [1.807, 2.05) is 0 Å². The van der Waals surface area contributed by atoms with E-state index >= 15 is 0 Å². The maximum Gasteiger partial charge on any atom is 0.419 e. The Morgan fingerprint density at radius 1 is 1.29 bits per heavy atom. The third-order valence-corrected chi connectivity index (χ3v) is 1.59. The zero-order valence-corrected chi connectivity index (χ0v) is 7.15. The molecule has 0 aliphatic rings. The smallest absolute Gasteiger partial charge is 0.419 e. The topological polar surface area (TPSA) is 9.23 Å². The van der Waals surface area contributed by atoms with Crippen LogP contribution >= 0.6 is 0 Å². The molecule has 0 saturated heterocycles. The molecule has 0 N–H and O–H groups in total. The van der Waals surface area contributed by atoms with Gasteiger partial charge in [-0.2, -0.15) is 13.2 Å². The Hall–Kier alpha value is -1.20. The van der Waals surface area contributed by atoms with Gasteiger partial charge in [-0.25, -0.2) is 4.39 Å². The number of ether oxygens (including phenoxy) is 1. The largest absolute Gasteiger partial charge is 0.494 e. The molecule has 0 aromatic heterocycles. The summed E-state index contributed by atoms with van der Waals surface area (Å²) in [6, 6.07) is 1.52. The highest BCUT2D eigenvalue weighted by molar-refractivity contribution is 6.32. The zero-order valence-electron chi connectivity index (χ0n) is 7.15. The molecule has 74 valence electrons. The van der Waals surface area contributed by atoms with Crippen molar-refractivity contribution >= 4 is 13.3 Å². The van der Waals surface area contributed by atoms with Gasteiger partial charge in [0.05, 0.1) is 12.7 Å². The second-order valence-electron chi connectivity index (χ2n) is 2.58. The maximum atomic E-state index is 13.0. The van der Waals surface area contributed by atoms with Crippen LogP contribution in [0.2, 0.25) is 0 Å². The zero-order chi connectivity index (χ0) is 10.9. The van der Waals surface area contributed by atoms with Gasteiger partial charge in [-0.15, -0.1) is 0 Å². The quantitative estimate of drug-likeness (QED) is 0.499. The summed E-state index contributed by atoms with van der Waals surface area (Å²) in [6.07, 6.45) is -4.77. The van der Waals surface area contributed by atoms with Gasteiger partial charge >= 0.3 is 6.18 Å². The van der Waals surface area contributed by atoms with Gasteiger partial charge in [-0.3, -0.25) is 0 Å². The van der Waals surface area contributed by atoms with Crippen LogP contribution in [-0.4, -0.2) is 15.0 Å². The molecule has 1 nitrogen and oxygen atoms in total. The predicted molar refractivity (Wildman–Crippen MR) is 43.3 cm³/mol. The molecule has 0 bridgehead atoms. The Labute approximate surface area is 79.1 Å². The van der Waals surface area contributed by atoms with Gasteiger partial charge in [0.25, 0.3) is 0 Å². The second kappa shape index (κ2) is 3.51. The summed E-state index contributed by atoms with van der Waals surface area (Å²) < 4.78 is 54.0. The fraction of sp³-hybridized carbons (Fsp3) is 0.250. The third-order valence-electron chi connectivity index (χ3n) is 1.59. The van der Waals surface area contributed by atoms with Crippen LogP contribution in [0.1, 0.15) is 5.56 Å². The first-order valence-electron chi connectivity index (χ1n) is 3.56. The number of hydrogen-bond acceptors (Lipinski definition) is 1. The van der Waals surface area contributed by atoms with E-state index in [0.717, 1.165) is 13.2 Å². The lowest BCUT2D eigenvalue weighted by molar-refractivity contribution is -0.140. The van der Waals surface area contributed by atoms with Crippen LogP contribution in [-0.2, 0) is 6.18 Å². The van der Waals surface area contributed by atoms with Gasteiger partial charge in [0.2, 0.25) is 0 Å². The third kappa shape index (κ3) is 2.00. The van der Waals surface area contributed by atoms with Crippen molar-refractivity contribution in [3.8, 4) is 5.75 Å².